The Morgan fingerprint density at radius 3 is 2.48 bits per heavy atom. The SMILES string of the molecule is CCNC(=O)c1ccc(CNC(=NC)NC2CCN(c3cccs3)CC2)cc1.I. The lowest BCUT2D eigenvalue weighted by Crippen LogP contribution is -2.48. The van der Waals surface area contributed by atoms with Gasteiger partial charge in [-0.15, -0.1) is 35.3 Å². The van der Waals surface area contributed by atoms with Crippen LogP contribution in [0.5, 0.6) is 0 Å². The van der Waals surface area contributed by atoms with E-state index >= 15 is 0 Å². The smallest absolute Gasteiger partial charge is 0.251 e. The van der Waals surface area contributed by atoms with Crippen LogP contribution in [0.25, 0.3) is 0 Å². The average Bonchev–Trinajstić information content (AvgIpc) is 3.27. The number of carbonyl (C=O) groups is 1. The Bertz CT molecular complexity index is 771. The summed E-state index contributed by atoms with van der Waals surface area (Å²) in [5.41, 5.74) is 1.80. The number of anilines is 1. The quantitative estimate of drug-likeness (QED) is 0.306. The third kappa shape index (κ3) is 6.88. The predicted octanol–water partition coefficient (Wildman–Crippen LogP) is 3.45. The van der Waals surface area contributed by atoms with Crippen molar-refractivity contribution in [3.63, 3.8) is 0 Å². The molecule has 0 radical (unpaired) electrons. The van der Waals surface area contributed by atoms with E-state index in [4.69, 9.17) is 0 Å². The number of amides is 1. The van der Waals surface area contributed by atoms with Crippen LogP contribution in [0.3, 0.4) is 0 Å². The van der Waals surface area contributed by atoms with Gasteiger partial charge in [-0.2, -0.15) is 0 Å². The highest BCUT2D eigenvalue weighted by molar-refractivity contribution is 14.0. The summed E-state index contributed by atoms with van der Waals surface area (Å²) in [5.74, 6) is 0.788. The highest BCUT2D eigenvalue weighted by Crippen LogP contribution is 2.24. The molecule has 3 rings (SSSR count). The van der Waals surface area contributed by atoms with Gasteiger partial charge in [0.05, 0.1) is 5.00 Å². The molecule has 2 heterocycles. The van der Waals surface area contributed by atoms with Gasteiger partial charge < -0.3 is 20.9 Å². The van der Waals surface area contributed by atoms with Crippen LogP contribution in [0.15, 0.2) is 46.8 Å². The molecule has 3 N–H and O–H groups in total. The van der Waals surface area contributed by atoms with Crippen molar-refractivity contribution >= 4 is 52.2 Å². The zero-order valence-corrected chi connectivity index (χ0v) is 20.1. The Labute approximate surface area is 194 Å². The van der Waals surface area contributed by atoms with E-state index in [-0.39, 0.29) is 29.9 Å². The van der Waals surface area contributed by atoms with Crippen molar-refractivity contribution in [1.29, 1.82) is 0 Å². The molecule has 0 bridgehead atoms. The number of hydrogen-bond acceptors (Lipinski definition) is 4. The summed E-state index contributed by atoms with van der Waals surface area (Å²) < 4.78 is 0. The van der Waals surface area contributed by atoms with Crippen molar-refractivity contribution < 1.29 is 4.79 Å². The number of halogens is 1. The topological polar surface area (TPSA) is 68.8 Å². The molecular weight excluding hydrogens is 497 g/mol. The number of nitrogens with zero attached hydrogens (tertiary/aromatic N) is 2. The second-order valence-corrected chi connectivity index (χ2v) is 7.77. The molecule has 1 aromatic heterocycles. The lowest BCUT2D eigenvalue weighted by atomic mass is 10.1. The summed E-state index contributed by atoms with van der Waals surface area (Å²) in [6.07, 6.45) is 2.19. The molecule has 1 aliphatic heterocycles. The highest BCUT2D eigenvalue weighted by atomic mass is 127. The minimum atomic E-state index is -0.0339. The summed E-state index contributed by atoms with van der Waals surface area (Å²) in [5, 5.41) is 13.2. The van der Waals surface area contributed by atoms with Gasteiger partial charge in [-0.05, 0) is 55.0 Å². The van der Waals surface area contributed by atoms with Crippen molar-refractivity contribution in [3.05, 3.63) is 52.9 Å². The fourth-order valence-corrected chi connectivity index (χ4v) is 4.09. The number of nitrogens with one attached hydrogen (secondary N) is 3. The number of piperidine rings is 1. The van der Waals surface area contributed by atoms with Crippen molar-refractivity contribution in [3.8, 4) is 0 Å². The van der Waals surface area contributed by atoms with E-state index in [9.17, 15) is 4.79 Å². The Hall–Kier alpha value is -1.81. The third-order valence-corrected chi connectivity index (χ3v) is 5.82. The van der Waals surface area contributed by atoms with Crippen molar-refractivity contribution in [1.82, 2.24) is 16.0 Å². The van der Waals surface area contributed by atoms with Crippen molar-refractivity contribution in [2.45, 2.75) is 32.4 Å². The average molecular weight is 527 g/mol. The van der Waals surface area contributed by atoms with E-state index in [1.54, 1.807) is 18.4 Å². The Morgan fingerprint density at radius 1 is 1.17 bits per heavy atom. The van der Waals surface area contributed by atoms with Gasteiger partial charge in [-0.3, -0.25) is 9.79 Å². The number of thiophene rings is 1. The monoisotopic (exact) mass is 527 g/mol. The first-order valence-corrected chi connectivity index (χ1v) is 10.7. The van der Waals surface area contributed by atoms with Crippen LogP contribution in [0.1, 0.15) is 35.7 Å². The number of carbonyl (C=O) groups excluding carboxylic acids is 1. The minimum Gasteiger partial charge on any atom is -0.363 e. The van der Waals surface area contributed by atoms with Crippen LogP contribution >= 0.6 is 35.3 Å². The van der Waals surface area contributed by atoms with E-state index in [0.29, 0.717) is 24.7 Å². The fourth-order valence-electron chi connectivity index (χ4n) is 3.30. The van der Waals surface area contributed by atoms with Gasteiger partial charge in [0, 0.05) is 44.8 Å². The van der Waals surface area contributed by atoms with E-state index < -0.39 is 0 Å². The van der Waals surface area contributed by atoms with Crippen LogP contribution < -0.4 is 20.9 Å². The first-order valence-electron chi connectivity index (χ1n) is 9.82. The molecule has 2 aromatic rings. The maximum Gasteiger partial charge on any atom is 0.251 e. The molecule has 1 amide bonds. The largest absolute Gasteiger partial charge is 0.363 e. The molecule has 0 spiro atoms. The zero-order valence-electron chi connectivity index (χ0n) is 17.0. The van der Waals surface area contributed by atoms with Gasteiger partial charge in [0.15, 0.2) is 5.96 Å². The third-order valence-electron chi connectivity index (χ3n) is 4.89. The second-order valence-electron chi connectivity index (χ2n) is 6.84. The number of aliphatic imine (C=N–C) groups is 1. The highest BCUT2D eigenvalue weighted by Gasteiger charge is 2.20. The molecule has 6 nitrogen and oxygen atoms in total. The summed E-state index contributed by atoms with van der Waals surface area (Å²) >= 11 is 1.80. The van der Waals surface area contributed by atoms with Gasteiger partial charge in [0.2, 0.25) is 0 Å². The maximum atomic E-state index is 11.8. The van der Waals surface area contributed by atoms with E-state index in [0.717, 1.165) is 37.5 Å². The first kappa shape index (κ1) is 23.5. The standard InChI is InChI=1S/C21H29N5OS.HI/c1-3-23-20(27)17-8-6-16(7-9-17)15-24-21(22-2)25-18-10-12-26(13-11-18)19-5-4-14-28-19;/h4-9,14,18H,3,10-13,15H2,1-2H3,(H,23,27)(H2,22,24,25);1H. The Morgan fingerprint density at radius 2 is 1.90 bits per heavy atom. The maximum absolute atomic E-state index is 11.8. The summed E-state index contributed by atoms with van der Waals surface area (Å²) in [6.45, 7) is 5.35. The zero-order chi connectivity index (χ0) is 19.8. The van der Waals surface area contributed by atoms with Gasteiger partial charge in [0.1, 0.15) is 0 Å². The minimum absolute atomic E-state index is 0. The van der Waals surface area contributed by atoms with Crippen LogP contribution in [-0.2, 0) is 6.54 Å². The van der Waals surface area contributed by atoms with Gasteiger partial charge in [0.25, 0.3) is 5.91 Å². The molecule has 0 atom stereocenters. The lowest BCUT2D eigenvalue weighted by Gasteiger charge is -2.33. The Kier molecular flexibility index (Phi) is 9.72. The van der Waals surface area contributed by atoms with Gasteiger partial charge >= 0.3 is 0 Å². The van der Waals surface area contributed by atoms with Gasteiger partial charge in [-0.25, -0.2) is 0 Å². The van der Waals surface area contributed by atoms with E-state index in [2.05, 4.69) is 43.4 Å². The molecule has 29 heavy (non-hydrogen) atoms. The van der Waals surface area contributed by atoms with Crippen LogP contribution in [0.2, 0.25) is 0 Å². The number of benzene rings is 1. The van der Waals surface area contributed by atoms with Crippen molar-refractivity contribution in [2.24, 2.45) is 4.99 Å². The number of guanidine groups is 1. The molecule has 1 aliphatic rings. The van der Waals surface area contributed by atoms with Crippen LogP contribution in [0, 0.1) is 0 Å². The molecule has 158 valence electrons. The van der Waals surface area contributed by atoms with Gasteiger partial charge in [-0.1, -0.05) is 12.1 Å². The molecular formula is C21H30IN5OS. The molecule has 0 saturated carbocycles. The molecule has 1 saturated heterocycles. The summed E-state index contributed by atoms with van der Waals surface area (Å²) in [4.78, 5) is 18.6. The van der Waals surface area contributed by atoms with Crippen LogP contribution in [0.4, 0.5) is 5.00 Å². The Balaban J connectivity index is 0.00000300. The summed E-state index contributed by atoms with van der Waals surface area (Å²) in [7, 11) is 1.80. The molecule has 0 unspecified atom stereocenters. The molecule has 1 fully saturated rings. The second kappa shape index (κ2) is 12.0. The first-order chi connectivity index (χ1) is 13.7. The fraction of sp³-hybridized carbons (Fsp3) is 0.429. The lowest BCUT2D eigenvalue weighted by molar-refractivity contribution is 0.0956. The van der Waals surface area contributed by atoms with E-state index in [1.165, 1.54) is 5.00 Å². The molecule has 0 aliphatic carbocycles. The van der Waals surface area contributed by atoms with Crippen LogP contribution in [-0.4, -0.2) is 44.6 Å². The van der Waals surface area contributed by atoms with Crippen molar-refractivity contribution in [2.75, 3.05) is 31.6 Å². The number of hydrogen-bond donors (Lipinski definition) is 3. The normalized spacial score (nSPS) is 14.8. The molecule has 8 heteroatoms. The molecule has 1 aromatic carbocycles. The number of rotatable bonds is 6. The summed E-state index contributed by atoms with van der Waals surface area (Å²) in [6, 6.07) is 12.4. The van der Waals surface area contributed by atoms with E-state index in [1.807, 2.05) is 31.2 Å². The predicted molar refractivity (Wildman–Crippen MR) is 133 cm³/mol.